The number of hydrogen-bond donors (Lipinski definition) is 0. The van der Waals surface area contributed by atoms with Gasteiger partial charge in [-0.2, -0.15) is 0 Å². The van der Waals surface area contributed by atoms with Crippen LogP contribution in [-0.2, 0) is 4.74 Å². The molecule has 104 valence electrons. The summed E-state index contributed by atoms with van der Waals surface area (Å²) in [5.41, 5.74) is -0.949. The summed E-state index contributed by atoms with van der Waals surface area (Å²) in [5.74, 6) is -0.891. The molecule has 1 aliphatic rings. The lowest BCUT2D eigenvalue weighted by molar-refractivity contribution is -0.00721. The van der Waals surface area contributed by atoms with E-state index < -0.39 is 11.4 Å². The summed E-state index contributed by atoms with van der Waals surface area (Å²) in [4.78, 5) is 12.7. The minimum atomic E-state index is -0.914. The van der Waals surface area contributed by atoms with Crippen LogP contribution in [0.4, 0.5) is 4.39 Å². The highest BCUT2D eigenvalue weighted by Crippen LogP contribution is 2.35. The van der Waals surface area contributed by atoms with Crippen LogP contribution in [-0.4, -0.2) is 18.5 Å². The van der Waals surface area contributed by atoms with Crippen LogP contribution in [0.3, 0.4) is 0 Å². The minimum absolute atomic E-state index is 0.0343. The van der Waals surface area contributed by atoms with Crippen molar-refractivity contribution in [3.05, 3.63) is 34.6 Å². The number of carbonyl (C=O) groups excluding carboxylic acids is 1. The molecule has 1 fully saturated rings. The van der Waals surface area contributed by atoms with E-state index in [4.69, 9.17) is 16.3 Å². The van der Waals surface area contributed by atoms with Crippen LogP contribution in [0.25, 0.3) is 0 Å². The number of ether oxygens (including phenoxy) is 1. The van der Waals surface area contributed by atoms with Crippen molar-refractivity contribution < 1.29 is 13.9 Å². The first-order valence-corrected chi connectivity index (χ1v) is 7.02. The van der Waals surface area contributed by atoms with Crippen LogP contribution in [0.15, 0.2) is 18.2 Å². The molecule has 0 aliphatic heterocycles. The fourth-order valence-corrected chi connectivity index (χ4v) is 3.01. The number of halogens is 2. The van der Waals surface area contributed by atoms with Gasteiger partial charge in [-0.1, -0.05) is 43.4 Å². The molecule has 0 amide bonds. The number of ketones is 1. The Balaban J connectivity index is 2.40. The quantitative estimate of drug-likeness (QED) is 0.607. The molecule has 2 rings (SSSR count). The predicted molar refractivity (Wildman–Crippen MR) is 73.2 cm³/mol. The molecule has 1 saturated carbocycles. The van der Waals surface area contributed by atoms with Crippen LogP contribution in [0.1, 0.15) is 48.9 Å². The normalized spacial score (nSPS) is 18.9. The summed E-state index contributed by atoms with van der Waals surface area (Å²) in [6.45, 7) is 0. The van der Waals surface area contributed by atoms with Gasteiger partial charge in [0.05, 0.1) is 10.6 Å². The van der Waals surface area contributed by atoms with E-state index in [9.17, 15) is 9.18 Å². The molecule has 4 heteroatoms. The van der Waals surface area contributed by atoms with Crippen molar-refractivity contribution in [2.45, 2.75) is 44.1 Å². The molecule has 0 N–H and O–H groups in total. The zero-order valence-electron chi connectivity index (χ0n) is 11.0. The van der Waals surface area contributed by atoms with E-state index >= 15 is 0 Å². The van der Waals surface area contributed by atoms with Gasteiger partial charge >= 0.3 is 0 Å². The van der Waals surface area contributed by atoms with E-state index in [0.717, 1.165) is 25.7 Å². The third-order valence-corrected chi connectivity index (χ3v) is 4.22. The molecule has 1 aromatic carbocycles. The largest absolute Gasteiger partial charge is 0.370 e. The van der Waals surface area contributed by atoms with Gasteiger partial charge < -0.3 is 4.74 Å². The van der Waals surface area contributed by atoms with Crippen LogP contribution in [0.2, 0.25) is 5.02 Å². The smallest absolute Gasteiger partial charge is 0.199 e. The molecular weight excluding hydrogens is 267 g/mol. The third-order valence-electron chi connectivity index (χ3n) is 3.91. The van der Waals surface area contributed by atoms with Crippen molar-refractivity contribution in [2.75, 3.05) is 7.11 Å². The van der Waals surface area contributed by atoms with Gasteiger partial charge in [-0.15, -0.1) is 0 Å². The second-order valence-electron chi connectivity index (χ2n) is 5.04. The summed E-state index contributed by atoms with van der Waals surface area (Å²) in [6.07, 6.45) is 5.28. The number of hydrogen-bond acceptors (Lipinski definition) is 2. The highest BCUT2D eigenvalue weighted by Gasteiger charge is 2.41. The molecule has 0 aromatic heterocycles. The maximum atomic E-state index is 13.9. The second kappa shape index (κ2) is 6.02. The van der Waals surface area contributed by atoms with Gasteiger partial charge in [-0.05, 0) is 25.0 Å². The first-order valence-electron chi connectivity index (χ1n) is 6.65. The summed E-state index contributed by atoms with van der Waals surface area (Å²) >= 11 is 5.99. The first kappa shape index (κ1) is 14.5. The summed E-state index contributed by atoms with van der Waals surface area (Å²) < 4.78 is 19.4. The predicted octanol–water partition coefficient (Wildman–Crippen LogP) is 4.40. The molecule has 0 bridgehead atoms. The van der Waals surface area contributed by atoms with Crippen molar-refractivity contribution in [3.8, 4) is 0 Å². The Bertz CT molecular complexity index is 445. The molecule has 1 aliphatic carbocycles. The van der Waals surface area contributed by atoms with Gasteiger partial charge in [-0.3, -0.25) is 4.79 Å². The lowest BCUT2D eigenvalue weighted by Crippen LogP contribution is -2.41. The average molecular weight is 285 g/mol. The lowest BCUT2D eigenvalue weighted by Gasteiger charge is -2.30. The highest BCUT2D eigenvalue weighted by atomic mass is 35.5. The van der Waals surface area contributed by atoms with Crippen molar-refractivity contribution in [3.63, 3.8) is 0 Å². The molecule has 0 heterocycles. The Morgan fingerprint density at radius 2 is 1.89 bits per heavy atom. The summed E-state index contributed by atoms with van der Waals surface area (Å²) in [5, 5.41) is 0.158. The average Bonchev–Trinajstić information content (AvgIpc) is 2.64. The second-order valence-corrected chi connectivity index (χ2v) is 5.45. The van der Waals surface area contributed by atoms with Crippen molar-refractivity contribution >= 4 is 17.4 Å². The Morgan fingerprint density at radius 1 is 1.26 bits per heavy atom. The van der Waals surface area contributed by atoms with Gasteiger partial charge in [0.15, 0.2) is 5.78 Å². The van der Waals surface area contributed by atoms with E-state index in [0.29, 0.717) is 12.8 Å². The SMILES string of the molecule is COC1(C(=O)c2c(F)cccc2Cl)CCCCCC1. The van der Waals surface area contributed by atoms with Gasteiger partial charge in [0, 0.05) is 7.11 Å². The van der Waals surface area contributed by atoms with Crippen LogP contribution < -0.4 is 0 Å². The van der Waals surface area contributed by atoms with Gasteiger partial charge in [0.2, 0.25) is 0 Å². The number of carbonyl (C=O) groups is 1. The fraction of sp³-hybridized carbons (Fsp3) is 0.533. The molecule has 1 aromatic rings. The van der Waals surface area contributed by atoms with Gasteiger partial charge in [0.25, 0.3) is 0 Å². The van der Waals surface area contributed by atoms with E-state index in [2.05, 4.69) is 0 Å². The molecule has 0 saturated heterocycles. The zero-order valence-corrected chi connectivity index (χ0v) is 11.8. The topological polar surface area (TPSA) is 26.3 Å². The van der Waals surface area contributed by atoms with Crippen molar-refractivity contribution in [1.82, 2.24) is 0 Å². The van der Waals surface area contributed by atoms with Crippen LogP contribution in [0, 0.1) is 5.82 Å². The Hall–Kier alpha value is -0.930. The molecule has 0 atom stereocenters. The highest BCUT2D eigenvalue weighted by molar-refractivity contribution is 6.34. The molecule has 19 heavy (non-hydrogen) atoms. The van der Waals surface area contributed by atoms with Crippen molar-refractivity contribution in [2.24, 2.45) is 0 Å². The molecule has 0 radical (unpaired) electrons. The molecule has 0 spiro atoms. The number of methoxy groups -OCH3 is 1. The number of Topliss-reactive ketones (excluding diaryl/α,β-unsaturated/α-hetero) is 1. The Labute approximate surface area is 117 Å². The summed E-state index contributed by atoms with van der Waals surface area (Å²) in [7, 11) is 1.53. The monoisotopic (exact) mass is 284 g/mol. The van der Waals surface area contributed by atoms with Gasteiger partial charge in [0.1, 0.15) is 11.4 Å². The maximum absolute atomic E-state index is 13.9. The minimum Gasteiger partial charge on any atom is -0.370 e. The zero-order chi connectivity index (χ0) is 13.9. The van der Waals surface area contributed by atoms with E-state index in [1.54, 1.807) is 0 Å². The molecule has 2 nitrogen and oxygen atoms in total. The molecule has 0 unspecified atom stereocenters. The van der Waals surface area contributed by atoms with Crippen LogP contribution in [0.5, 0.6) is 0 Å². The molecular formula is C15H18ClFO2. The van der Waals surface area contributed by atoms with Gasteiger partial charge in [-0.25, -0.2) is 4.39 Å². The maximum Gasteiger partial charge on any atom is 0.199 e. The summed E-state index contributed by atoms with van der Waals surface area (Å²) in [6, 6.07) is 4.30. The van der Waals surface area contributed by atoms with E-state index in [1.807, 2.05) is 0 Å². The van der Waals surface area contributed by atoms with Crippen LogP contribution >= 0.6 is 11.6 Å². The third kappa shape index (κ3) is 2.82. The van der Waals surface area contributed by atoms with E-state index in [1.165, 1.54) is 25.3 Å². The number of benzene rings is 1. The standard InChI is InChI=1S/C15H18ClFO2/c1-19-15(9-4-2-3-5-10-15)14(18)13-11(16)7-6-8-12(13)17/h6-8H,2-5,9-10H2,1H3. The van der Waals surface area contributed by atoms with E-state index in [-0.39, 0.29) is 16.4 Å². The first-order chi connectivity index (χ1) is 9.10. The Morgan fingerprint density at radius 3 is 2.42 bits per heavy atom. The fourth-order valence-electron chi connectivity index (χ4n) is 2.77. The lowest BCUT2D eigenvalue weighted by atomic mass is 9.85. The Kier molecular flexibility index (Phi) is 4.58. The number of rotatable bonds is 3. The van der Waals surface area contributed by atoms with Crippen molar-refractivity contribution in [1.29, 1.82) is 0 Å².